The van der Waals surface area contributed by atoms with E-state index >= 15 is 0 Å². The molecule has 0 aliphatic rings. The van der Waals surface area contributed by atoms with Gasteiger partial charge >= 0.3 is 0 Å². The molecular formula is C10H9F3O. The van der Waals surface area contributed by atoms with Crippen LogP contribution in [-0.4, -0.2) is 11.7 Å². The summed E-state index contributed by atoms with van der Waals surface area (Å²) in [7, 11) is 0. The fraction of sp³-hybridized carbons (Fsp3) is 0.200. The third-order valence-electron chi connectivity index (χ3n) is 1.63. The molecule has 0 saturated heterocycles. The zero-order chi connectivity index (χ0) is 10.6. The molecule has 1 N–H and O–H groups in total. The van der Waals surface area contributed by atoms with E-state index in [-0.39, 0.29) is 12.2 Å². The number of rotatable bonds is 3. The van der Waals surface area contributed by atoms with Crippen molar-refractivity contribution >= 4 is 6.08 Å². The van der Waals surface area contributed by atoms with Crippen LogP contribution in [0.15, 0.2) is 18.2 Å². The lowest BCUT2D eigenvalue weighted by atomic mass is 10.2. The van der Waals surface area contributed by atoms with Gasteiger partial charge in [0.15, 0.2) is 11.6 Å². The van der Waals surface area contributed by atoms with Gasteiger partial charge in [-0.15, -0.1) is 0 Å². The van der Waals surface area contributed by atoms with E-state index in [1.165, 1.54) is 12.2 Å². The first-order valence-corrected chi connectivity index (χ1v) is 4.07. The molecule has 1 aromatic rings. The number of aliphatic hydroxyl groups is 1. The molecule has 0 radical (unpaired) electrons. The van der Waals surface area contributed by atoms with Crippen molar-refractivity contribution < 1.29 is 18.3 Å². The van der Waals surface area contributed by atoms with Crippen LogP contribution in [0.1, 0.15) is 12.0 Å². The first-order chi connectivity index (χ1) is 6.65. The van der Waals surface area contributed by atoms with E-state index in [1.807, 2.05) is 0 Å². The second-order valence-electron chi connectivity index (χ2n) is 2.70. The molecule has 0 heterocycles. The third kappa shape index (κ3) is 2.60. The highest BCUT2D eigenvalue weighted by Gasteiger charge is 2.06. The van der Waals surface area contributed by atoms with Gasteiger partial charge < -0.3 is 5.11 Å². The number of aliphatic hydroxyl groups excluding tert-OH is 1. The maximum absolute atomic E-state index is 12.9. The van der Waals surface area contributed by atoms with E-state index in [0.717, 1.165) is 6.07 Å². The Morgan fingerprint density at radius 1 is 1.07 bits per heavy atom. The van der Waals surface area contributed by atoms with E-state index in [0.29, 0.717) is 12.5 Å². The Hall–Kier alpha value is -1.29. The summed E-state index contributed by atoms with van der Waals surface area (Å²) in [5.74, 6) is -3.12. The first kappa shape index (κ1) is 10.8. The van der Waals surface area contributed by atoms with Crippen molar-refractivity contribution in [2.45, 2.75) is 6.42 Å². The third-order valence-corrected chi connectivity index (χ3v) is 1.63. The summed E-state index contributed by atoms with van der Waals surface area (Å²) in [6.45, 7) is -0.0677. The van der Waals surface area contributed by atoms with Gasteiger partial charge in [0.2, 0.25) is 0 Å². The van der Waals surface area contributed by atoms with Crippen LogP contribution in [0.25, 0.3) is 6.08 Å². The van der Waals surface area contributed by atoms with Crippen LogP contribution in [0, 0.1) is 17.5 Å². The monoisotopic (exact) mass is 202 g/mol. The summed E-state index contributed by atoms with van der Waals surface area (Å²) >= 11 is 0. The van der Waals surface area contributed by atoms with Gasteiger partial charge in [-0.1, -0.05) is 12.2 Å². The molecule has 0 aliphatic carbocycles. The van der Waals surface area contributed by atoms with Crippen LogP contribution in [0.4, 0.5) is 13.2 Å². The Bertz CT molecular complexity index is 347. The van der Waals surface area contributed by atoms with E-state index in [1.54, 1.807) is 0 Å². The van der Waals surface area contributed by atoms with Gasteiger partial charge in [0.1, 0.15) is 5.82 Å². The molecule has 0 spiro atoms. The zero-order valence-electron chi connectivity index (χ0n) is 7.30. The van der Waals surface area contributed by atoms with Crippen LogP contribution in [0.5, 0.6) is 0 Å². The van der Waals surface area contributed by atoms with Gasteiger partial charge in [-0.2, -0.15) is 0 Å². The molecule has 1 rings (SSSR count). The molecule has 14 heavy (non-hydrogen) atoms. The average Bonchev–Trinajstić information content (AvgIpc) is 2.14. The average molecular weight is 202 g/mol. The van der Waals surface area contributed by atoms with Crippen molar-refractivity contribution in [1.82, 2.24) is 0 Å². The van der Waals surface area contributed by atoms with Gasteiger partial charge in [0.25, 0.3) is 0 Å². The molecular weight excluding hydrogens is 193 g/mol. The van der Waals surface area contributed by atoms with Gasteiger partial charge in [-0.3, -0.25) is 0 Å². The van der Waals surface area contributed by atoms with E-state index < -0.39 is 17.5 Å². The second-order valence-corrected chi connectivity index (χ2v) is 2.70. The van der Waals surface area contributed by atoms with Crippen LogP contribution >= 0.6 is 0 Å². The van der Waals surface area contributed by atoms with Gasteiger partial charge in [0.05, 0.1) is 0 Å². The molecule has 1 aromatic carbocycles. The molecule has 76 valence electrons. The zero-order valence-corrected chi connectivity index (χ0v) is 7.30. The summed E-state index contributed by atoms with van der Waals surface area (Å²) < 4.78 is 38.0. The van der Waals surface area contributed by atoms with Crippen molar-refractivity contribution in [1.29, 1.82) is 0 Å². The molecule has 0 atom stereocenters. The largest absolute Gasteiger partial charge is 0.396 e. The molecule has 0 aromatic heterocycles. The maximum Gasteiger partial charge on any atom is 0.161 e. The Morgan fingerprint density at radius 2 is 1.71 bits per heavy atom. The first-order valence-electron chi connectivity index (χ1n) is 4.07. The van der Waals surface area contributed by atoms with Gasteiger partial charge in [0, 0.05) is 18.2 Å². The molecule has 0 bridgehead atoms. The quantitative estimate of drug-likeness (QED) is 0.746. The number of halogens is 3. The van der Waals surface area contributed by atoms with Crippen molar-refractivity contribution in [3.8, 4) is 0 Å². The Morgan fingerprint density at radius 3 is 2.36 bits per heavy atom. The predicted molar refractivity (Wildman–Crippen MR) is 47.1 cm³/mol. The van der Waals surface area contributed by atoms with Crippen molar-refractivity contribution in [3.63, 3.8) is 0 Å². The Balaban J connectivity index is 2.92. The minimum absolute atomic E-state index is 0.0302. The molecule has 0 unspecified atom stereocenters. The van der Waals surface area contributed by atoms with Crippen molar-refractivity contribution in [2.24, 2.45) is 0 Å². The number of benzene rings is 1. The number of hydrogen-bond donors (Lipinski definition) is 1. The second kappa shape index (κ2) is 4.81. The topological polar surface area (TPSA) is 20.2 Å². The summed E-state index contributed by atoms with van der Waals surface area (Å²) in [6.07, 6.45) is 3.13. The fourth-order valence-corrected chi connectivity index (χ4v) is 0.951. The van der Waals surface area contributed by atoms with Gasteiger partial charge in [-0.25, -0.2) is 13.2 Å². The highest BCUT2D eigenvalue weighted by Crippen LogP contribution is 2.15. The number of hydrogen-bond acceptors (Lipinski definition) is 1. The van der Waals surface area contributed by atoms with E-state index in [2.05, 4.69) is 0 Å². The van der Waals surface area contributed by atoms with Crippen LogP contribution < -0.4 is 0 Å². The van der Waals surface area contributed by atoms with Crippen LogP contribution in [0.3, 0.4) is 0 Å². The SMILES string of the molecule is OCCC=Cc1cc(F)c(F)cc1F. The lowest BCUT2D eigenvalue weighted by Crippen LogP contribution is -1.90. The molecule has 1 nitrogen and oxygen atoms in total. The molecule has 0 saturated carbocycles. The van der Waals surface area contributed by atoms with E-state index in [9.17, 15) is 13.2 Å². The summed E-state index contributed by atoms with van der Waals surface area (Å²) in [4.78, 5) is 0. The predicted octanol–water partition coefficient (Wildman–Crippen LogP) is 2.50. The molecule has 4 heteroatoms. The Labute approximate surface area is 79.5 Å². The minimum Gasteiger partial charge on any atom is -0.396 e. The summed E-state index contributed by atoms with van der Waals surface area (Å²) in [5.41, 5.74) is -0.0302. The molecule has 0 fully saturated rings. The van der Waals surface area contributed by atoms with Crippen LogP contribution in [0.2, 0.25) is 0 Å². The highest BCUT2D eigenvalue weighted by atomic mass is 19.2. The molecule has 0 aliphatic heterocycles. The lowest BCUT2D eigenvalue weighted by Gasteiger charge is -1.98. The maximum atomic E-state index is 12.9. The van der Waals surface area contributed by atoms with E-state index in [4.69, 9.17) is 5.11 Å². The minimum atomic E-state index is -1.21. The smallest absolute Gasteiger partial charge is 0.161 e. The normalized spacial score (nSPS) is 11.1. The van der Waals surface area contributed by atoms with Crippen molar-refractivity contribution in [2.75, 3.05) is 6.61 Å². The van der Waals surface area contributed by atoms with Gasteiger partial charge in [-0.05, 0) is 12.5 Å². The summed E-state index contributed by atoms with van der Waals surface area (Å²) in [5, 5.41) is 8.43. The van der Waals surface area contributed by atoms with Crippen molar-refractivity contribution in [3.05, 3.63) is 41.2 Å². The highest BCUT2D eigenvalue weighted by molar-refractivity contribution is 5.50. The summed E-state index contributed by atoms with van der Waals surface area (Å²) in [6, 6.07) is 1.27. The Kier molecular flexibility index (Phi) is 3.71. The standard InChI is InChI=1S/C10H9F3O/c11-8-6-10(13)9(12)5-7(8)3-1-2-4-14/h1,3,5-6,14H,2,4H2. The fourth-order valence-electron chi connectivity index (χ4n) is 0.951. The lowest BCUT2D eigenvalue weighted by molar-refractivity contribution is 0.303. The molecule has 0 amide bonds. The van der Waals surface area contributed by atoms with Crippen LogP contribution in [-0.2, 0) is 0 Å².